The SMILES string of the molecule is COc1cc(-c2nc(-c3c(C)c(Cl)c(C)[n+]([O-])c3Cl)no2)cc([N+](=O)[O-])c1Cl. The Balaban J connectivity index is 2.17. The van der Waals surface area contributed by atoms with Crippen LogP contribution in [0.4, 0.5) is 5.69 Å². The summed E-state index contributed by atoms with van der Waals surface area (Å²) < 4.78 is 10.7. The van der Waals surface area contributed by atoms with Crippen LogP contribution >= 0.6 is 34.8 Å². The van der Waals surface area contributed by atoms with Crippen LogP contribution in [0, 0.1) is 29.2 Å². The van der Waals surface area contributed by atoms with Crippen LogP contribution in [-0.2, 0) is 0 Å². The molecule has 0 spiro atoms. The molecule has 9 nitrogen and oxygen atoms in total. The molecule has 0 aliphatic carbocycles. The van der Waals surface area contributed by atoms with Gasteiger partial charge in [0, 0.05) is 13.0 Å². The molecule has 3 aromatic rings. The summed E-state index contributed by atoms with van der Waals surface area (Å²) in [7, 11) is 1.32. The first-order valence-electron chi connectivity index (χ1n) is 7.61. The summed E-state index contributed by atoms with van der Waals surface area (Å²) in [5, 5.41) is 27.1. The van der Waals surface area contributed by atoms with E-state index in [1.54, 1.807) is 6.92 Å². The van der Waals surface area contributed by atoms with E-state index < -0.39 is 4.92 Å². The van der Waals surface area contributed by atoms with Gasteiger partial charge in [0.05, 0.1) is 17.6 Å². The molecule has 0 atom stereocenters. The fraction of sp³-hybridized carbons (Fsp3) is 0.188. The lowest BCUT2D eigenvalue weighted by atomic mass is 10.1. The molecule has 146 valence electrons. The van der Waals surface area contributed by atoms with E-state index in [1.807, 2.05) is 0 Å². The Bertz CT molecular complexity index is 1090. The Labute approximate surface area is 173 Å². The first kappa shape index (κ1) is 20.1. The fourth-order valence-corrected chi connectivity index (χ4v) is 3.34. The third kappa shape index (κ3) is 3.21. The van der Waals surface area contributed by atoms with Gasteiger partial charge in [-0.25, -0.2) is 0 Å². The number of nitrogens with zero attached hydrogens (tertiary/aromatic N) is 4. The molecule has 0 fully saturated rings. The van der Waals surface area contributed by atoms with E-state index >= 15 is 0 Å². The second-order valence-electron chi connectivity index (χ2n) is 5.68. The van der Waals surface area contributed by atoms with Crippen molar-refractivity contribution in [3.8, 4) is 28.6 Å². The highest BCUT2D eigenvalue weighted by Crippen LogP contribution is 2.39. The van der Waals surface area contributed by atoms with Gasteiger partial charge in [0.25, 0.3) is 16.7 Å². The molecule has 12 heteroatoms. The Morgan fingerprint density at radius 1 is 1.21 bits per heavy atom. The Hall–Kier alpha value is -2.62. The van der Waals surface area contributed by atoms with Gasteiger partial charge in [-0.1, -0.05) is 28.4 Å². The summed E-state index contributed by atoms with van der Waals surface area (Å²) in [5.41, 5.74) is 0.727. The van der Waals surface area contributed by atoms with Gasteiger partial charge in [-0.3, -0.25) is 10.1 Å². The predicted molar refractivity (Wildman–Crippen MR) is 102 cm³/mol. The van der Waals surface area contributed by atoms with Crippen molar-refractivity contribution in [2.75, 3.05) is 7.11 Å². The lowest BCUT2D eigenvalue weighted by molar-refractivity contribution is -0.609. The monoisotopic (exact) mass is 444 g/mol. The number of ether oxygens (including phenoxy) is 1. The quantitative estimate of drug-likeness (QED) is 0.190. The molecular weight excluding hydrogens is 435 g/mol. The van der Waals surface area contributed by atoms with Gasteiger partial charge < -0.3 is 14.5 Å². The molecule has 2 heterocycles. The number of hydrogen-bond acceptors (Lipinski definition) is 7. The summed E-state index contributed by atoms with van der Waals surface area (Å²) >= 11 is 18.3. The average Bonchev–Trinajstić information content (AvgIpc) is 3.14. The molecule has 0 aliphatic rings. The third-order valence-corrected chi connectivity index (χ3v) is 5.32. The molecular formula is C16H11Cl3N4O5. The summed E-state index contributed by atoms with van der Waals surface area (Å²) in [6, 6.07) is 2.59. The zero-order chi connectivity index (χ0) is 20.7. The number of halogens is 3. The van der Waals surface area contributed by atoms with Crippen LogP contribution in [-0.4, -0.2) is 22.2 Å². The zero-order valence-electron chi connectivity index (χ0n) is 14.6. The maximum atomic E-state index is 12.2. The van der Waals surface area contributed by atoms with E-state index in [9.17, 15) is 15.3 Å². The minimum absolute atomic E-state index is 0.000528. The molecule has 0 saturated carbocycles. The van der Waals surface area contributed by atoms with Gasteiger partial charge in [-0.05, 0) is 30.2 Å². The van der Waals surface area contributed by atoms with Crippen molar-refractivity contribution in [1.82, 2.24) is 10.1 Å². The van der Waals surface area contributed by atoms with Gasteiger partial charge in [0.2, 0.25) is 11.5 Å². The van der Waals surface area contributed by atoms with Crippen LogP contribution in [0.1, 0.15) is 11.3 Å². The normalized spacial score (nSPS) is 10.9. The molecule has 0 radical (unpaired) electrons. The molecule has 0 unspecified atom stereocenters. The van der Waals surface area contributed by atoms with Crippen molar-refractivity contribution in [2.45, 2.75) is 13.8 Å². The van der Waals surface area contributed by atoms with E-state index in [1.165, 1.54) is 26.2 Å². The zero-order valence-corrected chi connectivity index (χ0v) is 16.9. The van der Waals surface area contributed by atoms with E-state index in [0.717, 1.165) is 0 Å². The summed E-state index contributed by atoms with van der Waals surface area (Å²) in [6.45, 7) is 3.18. The highest BCUT2D eigenvalue weighted by atomic mass is 35.5. The number of pyridine rings is 1. The number of rotatable bonds is 4. The Morgan fingerprint density at radius 2 is 1.89 bits per heavy atom. The number of aromatic nitrogens is 3. The molecule has 0 saturated heterocycles. The Morgan fingerprint density at radius 3 is 2.50 bits per heavy atom. The molecule has 0 amide bonds. The van der Waals surface area contributed by atoms with Crippen molar-refractivity contribution in [3.63, 3.8) is 0 Å². The van der Waals surface area contributed by atoms with E-state index in [-0.39, 0.29) is 55.2 Å². The van der Waals surface area contributed by atoms with E-state index in [2.05, 4.69) is 10.1 Å². The highest BCUT2D eigenvalue weighted by Gasteiger charge is 2.27. The van der Waals surface area contributed by atoms with Gasteiger partial charge in [-0.2, -0.15) is 9.71 Å². The second kappa shape index (κ2) is 7.42. The Kier molecular flexibility index (Phi) is 5.33. The van der Waals surface area contributed by atoms with Crippen molar-refractivity contribution >= 4 is 40.5 Å². The van der Waals surface area contributed by atoms with Crippen LogP contribution in [0.3, 0.4) is 0 Å². The van der Waals surface area contributed by atoms with Crippen LogP contribution in [0.15, 0.2) is 16.7 Å². The van der Waals surface area contributed by atoms with Crippen LogP contribution in [0.2, 0.25) is 15.2 Å². The van der Waals surface area contributed by atoms with Gasteiger partial charge in [0.15, 0.2) is 5.02 Å². The minimum atomic E-state index is -0.660. The van der Waals surface area contributed by atoms with Crippen LogP contribution < -0.4 is 9.47 Å². The molecule has 1 aromatic carbocycles. The molecule has 2 aromatic heterocycles. The topological polar surface area (TPSA) is 118 Å². The van der Waals surface area contributed by atoms with E-state index in [0.29, 0.717) is 10.3 Å². The maximum absolute atomic E-state index is 12.2. The smallest absolute Gasteiger partial charge is 0.298 e. The first-order chi connectivity index (χ1) is 13.2. The number of nitro benzene ring substituents is 1. The minimum Gasteiger partial charge on any atom is -0.617 e. The fourth-order valence-electron chi connectivity index (χ4n) is 2.56. The van der Waals surface area contributed by atoms with Crippen molar-refractivity contribution in [1.29, 1.82) is 0 Å². The molecule has 28 heavy (non-hydrogen) atoms. The first-order valence-corrected chi connectivity index (χ1v) is 8.74. The molecule has 0 N–H and O–H groups in total. The predicted octanol–water partition coefficient (Wildman–Crippen LogP) is 4.53. The van der Waals surface area contributed by atoms with Gasteiger partial charge >= 0.3 is 0 Å². The van der Waals surface area contributed by atoms with Gasteiger partial charge in [-0.15, -0.1) is 0 Å². The molecule has 0 aliphatic heterocycles. The number of benzene rings is 1. The lowest BCUT2D eigenvalue weighted by Crippen LogP contribution is -2.33. The highest BCUT2D eigenvalue weighted by molar-refractivity contribution is 6.35. The van der Waals surface area contributed by atoms with E-state index in [4.69, 9.17) is 44.1 Å². The number of methoxy groups -OCH3 is 1. The summed E-state index contributed by atoms with van der Waals surface area (Å²) in [6.07, 6.45) is 0. The number of nitro groups is 1. The second-order valence-corrected chi connectivity index (χ2v) is 6.79. The maximum Gasteiger partial charge on any atom is 0.298 e. The third-order valence-electron chi connectivity index (χ3n) is 4.04. The van der Waals surface area contributed by atoms with Crippen molar-refractivity contribution in [3.05, 3.63) is 53.9 Å². The van der Waals surface area contributed by atoms with Crippen molar-refractivity contribution < 1.29 is 18.9 Å². The summed E-state index contributed by atoms with van der Waals surface area (Å²) in [5.74, 6) is 0.00820. The van der Waals surface area contributed by atoms with Crippen LogP contribution in [0.5, 0.6) is 5.75 Å². The van der Waals surface area contributed by atoms with Crippen molar-refractivity contribution in [2.24, 2.45) is 0 Å². The largest absolute Gasteiger partial charge is 0.617 e. The number of hydrogen-bond donors (Lipinski definition) is 0. The molecule has 0 bridgehead atoms. The van der Waals surface area contributed by atoms with Crippen LogP contribution in [0.25, 0.3) is 22.8 Å². The molecule has 3 rings (SSSR count). The average molecular weight is 446 g/mol. The van der Waals surface area contributed by atoms with Gasteiger partial charge in [0.1, 0.15) is 16.3 Å². The lowest BCUT2D eigenvalue weighted by Gasteiger charge is -2.10. The standard InChI is InChI=1S/C16H11Cl3N4O5/c1-6-11(14(19)22(24)7(2)12(6)17)15-20-16(28-21-15)8-4-9(23(25)26)13(18)10(5-8)27-3/h4-5H,1-3H3. The summed E-state index contributed by atoms with van der Waals surface area (Å²) in [4.78, 5) is 14.8.